The molecule has 0 saturated carbocycles. The topological polar surface area (TPSA) is 0 Å². The molecule has 0 nitrogen and oxygen atoms in total. The van der Waals surface area contributed by atoms with E-state index in [1.807, 2.05) is 0 Å². The van der Waals surface area contributed by atoms with Crippen molar-refractivity contribution in [2.75, 3.05) is 0 Å². The summed E-state index contributed by atoms with van der Waals surface area (Å²) in [6.07, 6.45) is 9.16. The molecule has 0 fully saturated rings. The number of rotatable bonds is 3. The number of hydrogen-bond donors (Lipinski definition) is 0. The third-order valence-corrected chi connectivity index (χ3v) is 11.3. The fraction of sp³-hybridized carbons (Fsp3) is 0.0800. The maximum atomic E-state index is 2.44. The van der Waals surface area contributed by atoms with Crippen LogP contribution >= 0.6 is 0 Å². The predicted octanol–water partition coefficient (Wildman–Crippen LogP) is 13.7. The number of aryl methyl sites for hydroxylation is 2. The molecule has 2 aliphatic carbocycles. The highest BCUT2D eigenvalue weighted by Crippen LogP contribution is 2.50. The van der Waals surface area contributed by atoms with Crippen molar-refractivity contribution in [3.8, 4) is 44.5 Å². The molecule has 236 valence electrons. The van der Waals surface area contributed by atoms with Crippen LogP contribution in [0.5, 0.6) is 0 Å². The van der Waals surface area contributed by atoms with Gasteiger partial charge >= 0.3 is 0 Å². The van der Waals surface area contributed by atoms with Gasteiger partial charge in [0, 0.05) is 11.8 Å². The largest absolute Gasteiger partial charge is 0.0761 e. The molecule has 0 amide bonds. The number of allylic oxidation sites excluding steroid dienone is 4. The van der Waals surface area contributed by atoms with E-state index in [4.69, 9.17) is 0 Å². The highest BCUT2D eigenvalue weighted by atomic mass is 14.3. The smallest absolute Gasteiger partial charge is 0.0131 e. The Bertz CT molecular complexity index is 2700. The van der Waals surface area contributed by atoms with Gasteiger partial charge in [-0.1, -0.05) is 158 Å². The molecule has 0 aliphatic heterocycles. The first-order valence-electron chi connectivity index (χ1n) is 17.8. The minimum absolute atomic E-state index is 0.368. The highest BCUT2D eigenvalue weighted by Gasteiger charge is 2.31. The van der Waals surface area contributed by atoms with Crippen LogP contribution in [0.1, 0.15) is 34.1 Å². The summed E-state index contributed by atoms with van der Waals surface area (Å²) in [4.78, 5) is 0. The molecular formula is C50H36. The lowest BCUT2D eigenvalue weighted by molar-refractivity contribution is 0.720. The van der Waals surface area contributed by atoms with Crippen LogP contribution in [-0.4, -0.2) is 0 Å². The minimum atomic E-state index is 0.368. The van der Waals surface area contributed by atoms with E-state index in [-0.39, 0.29) is 0 Å². The third-order valence-electron chi connectivity index (χ3n) is 11.3. The second-order valence-corrected chi connectivity index (χ2v) is 14.1. The van der Waals surface area contributed by atoms with Gasteiger partial charge in [0.2, 0.25) is 0 Å². The van der Waals surface area contributed by atoms with E-state index in [0.29, 0.717) is 11.8 Å². The third kappa shape index (κ3) is 4.45. The second-order valence-electron chi connectivity index (χ2n) is 14.1. The van der Waals surface area contributed by atoms with Gasteiger partial charge in [0.05, 0.1) is 0 Å². The van der Waals surface area contributed by atoms with Gasteiger partial charge in [-0.25, -0.2) is 0 Å². The molecule has 0 spiro atoms. The lowest BCUT2D eigenvalue weighted by Crippen LogP contribution is -2.16. The van der Waals surface area contributed by atoms with E-state index in [1.54, 1.807) is 0 Å². The van der Waals surface area contributed by atoms with Crippen LogP contribution in [-0.2, 0) is 0 Å². The van der Waals surface area contributed by atoms with Crippen molar-refractivity contribution in [3.05, 3.63) is 192 Å². The van der Waals surface area contributed by atoms with Crippen molar-refractivity contribution in [3.63, 3.8) is 0 Å². The summed E-state index contributed by atoms with van der Waals surface area (Å²) in [6.45, 7) is 4.50. The molecule has 0 radical (unpaired) electrons. The van der Waals surface area contributed by atoms with E-state index in [2.05, 4.69) is 184 Å². The molecule has 0 N–H and O–H groups in total. The quantitative estimate of drug-likeness (QED) is 0.169. The van der Waals surface area contributed by atoms with Gasteiger partial charge < -0.3 is 0 Å². The highest BCUT2D eigenvalue weighted by molar-refractivity contribution is 6.25. The summed E-state index contributed by atoms with van der Waals surface area (Å²) in [5.74, 6) is 0.759. The minimum Gasteiger partial charge on any atom is -0.0761 e. The molecule has 0 saturated heterocycles. The molecule has 0 heteroatoms. The maximum Gasteiger partial charge on any atom is 0.0131 e. The Hall–Kier alpha value is -5.98. The monoisotopic (exact) mass is 636 g/mol. The Morgan fingerprint density at radius 1 is 0.320 bits per heavy atom. The zero-order chi connectivity index (χ0) is 33.3. The van der Waals surface area contributed by atoms with E-state index >= 15 is 0 Å². The molecule has 2 unspecified atom stereocenters. The second kappa shape index (κ2) is 11.3. The summed E-state index contributed by atoms with van der Waals surface area (Å²) in [5, 5.41) is 7.86. The van der Waals surface area contributed by atoms with Crippen LogP contribution in [0.3, 0.4) is 0 Å². The van der Waals surface area contributed by atoms with E-state index < -0.39 is 0 Å². The van der Waals surface area contributed by atoms with Crippen LogP contribution in [0, 0.1) is 13.8 Å². The fourth-order valence-electron chi connectivity index (χ4n) is 8.88. The van der Waals surface area contributed by atoms with Gasteiger partial charge in [0.1, 0.15) is 0 Å². The first-order chi connectivity index (χ1) is 24.6. The van der Waals surface area contributed by atoms with Gasteiger partial charge in [0.15, 0.2) is 0 Å². The first kappa shape index (κ1) is 29.0. The number of benzene rings is 8. The van der Waals surface area contributed by atoms with Crippen LogP contribution in [0.2, 0.25) is 0 Å². The Morgan fingerprint density at radius 3 is 1.34 bits per heavy atom. The summed E-state index contributed by atoms with van der Waals surface area (Å²) in [5.41, 5.74) is 15.8. The fourth-order valence-corrected chi connectivity index (χ4v) is 8.88. The molecular weight excluding hydrogens is 601 g/mol. The number of fused-ring (bicyclic) bond motifs is 12. The van der Waals surface area contributed by atoms with Crippen molar-refractivity contribution in [1.29, 1.82) is 0 Å². The van der Waals surface area contributed by atoms with Gasteiger partial charge in [-0.2, -0.15) is 0 Å². The van der Waals surface area contributed by atoms with Crippen LogP contribution in [0.15, 0.2) is 170 Å². The van der Waals surface area contributed by atoms with Gasteiger partial charge in [-0.15, -0.1) is 0 Å². The molecule has 8 aromatic carbocycles. The Balaban J connectivity index is 1.00. The molecule has 50 heavy (non-hydrogen) atoms. The Kier molecular flexibility index (Phi) is 6.54. The van der Waals surface area contributed by atoms with E-state index in [9.17, 15) is 0 Å². The summed E-state index contributed by atoms with van der Waals surface area (Å²) in [7, 11) is 0. The summed E-state index contributed by atoms with van der Waals surface area (Å²) < 4.78 is 0. The van der Waals surface area contributed by atoms with Crippen molar-refractivity contribution in [2.24, 2.45) is 0 Å². The normalized spacial score (nSPS) is 16.0. The zero-order valence-electron chi connectivity index (χ0n) is 28.3. The van der Waals surface area contributed by atoms with E-state index in [1.165, 1.54) is 99.1 Å². The predicted molar refractivity (Wildman–Crippen MR) is 214 cm³/mol. The average Bonchev–Trinajstić information content (AvgIpc) is 3.18. The summed E-state index contributed by atoms with van der Waals surface area (Å²) in [6, 6.07) is 54.6. The van der Waals surface area contributed by atoms with E-state index in [0.717, 1.165) is 0 Å². The average molecular weight is 637 g/mol. The van der Waals surface area contributed by atoms with Crippen molar-refractivity contribution in [1.82, 2.24) is 0 Å². The molecule has 0 aromatic heterocycles. The Morgan fingerprint density at radius 2 is 0.740 bits per heavy atom. The summed E-state index contributed by atoms with van der Waals surface area (Å²) >= 11 is 0. The molecule has 2 atom stereocenters. The lowest BCUT2D eigenvalue weighted by atomic mass is 9.69. The van der Waals surface area contributed by atoms with Crippen molar-refractivity contribution >= 4 is 32.3 Å². The molecule has 2 aliphatic rings. The molecule has 0 heterocycles. The lowest BCUT2D eigenvalue weighted by Gasteiger charge is -2.34. The zero-order valence-corrected chi connectivity index (χ0v) is 28.3. The maximum absolute atomic E-state index is 2.44. The van der Waals surface area contributed by atoms with Gasteiger partial charge in [-0.05, 0) is 125 Å². The first-order valence-corrected chi connectivity index (χ1v) is 17.8. The van der Waals surface area contributed by atoms with Gasteiger partial charge in [-0.3, -0.25) is 0 Å². The molecule has 8 aromatic rings. The van der Waals surface area contributed by atoms with Crippen LogP contribution in [0.4, 0.5) is 0 Å². The van der Waals surface area contributed by atoms with Gasteiger partial charge in [0.25, 0.3) is 0 Å². The van der Waals surface area contributed by atoms with Crippen LogP contribution < -0.4 is 0 Å². The van der Waals surface area contributed by atoms with Crippen LogP contribution in [0.25, 0.3) is 76.8 Å². The SMILES string of the molecule is Cc1cc(-c2ccc3c(c2)C2C=CC=CC2c2ccccc2-3)ccc1-c1ccc(-c2ccc3c4ccccc4c4ccccc4c3c2)cc1C. The Labute approximate surface area is 293 Å². The molecule has 10 rings (SSSR count). The number of hydrogen-bond acceptors (Lipinski definition) is 0. The van der Waals surface area contributed by atoms with Crippen molar-refractivity contribution < 1.29 is 0 Å². The van der Waals surface area contributed by atoms with Crippen molar-refractivity contribution in [2.45, 2.75) is 25.7 Å². The molecule has 0 bridgehead atoms. The standard InChI is InChI=1S/C50H36/c1-31-27-33(35-21-25-47-43-15-5-3-11-39(43)41-13-7-9-17-45(41)49(47)29-35)19-23-37(31)38-24-20-34(28-32(38)2)36-22-26-48-44-16-6-4-12-40(44)42-14-8-10-18-46(42)50(48)30-36/h3-30,41,45H,1-2H3.